The van der Waals surface area contributed by atoms with Gasteiger partial charge in [-0.3, -0.25) is 11.9 Å². The van der Waals surface area contributed by atoms with E-state index in [-0.39, 0.29) is 0 Å². The van der Waals surface area contributed by atoms with Gasteiger partial charge in [0.1, 0.15) is 0 Å². The molecule has 13 heavy (non-hydrogen) atoms. The van der Waals surface area contributed by atoms with Crippen LogP contribution in [0.4, 0.5) is 0 Å². The van der Waals surface area contributed by atoms with Gasteiger partial charge in [-0.15, -0.1) is 0 Å². The predicted molar refractivity (Wildman–Crippen MR) is 52.3 cm³/mol. The summed E-state index contributed by atoms with van der Waals surface area (Å²) in [6.45, 7) is 8.73. The van der Waals surface area contributed by atoms with Crippen LogP contribution >= 0.6 is 0 Å². The van der Waals surface area contributed by atoms with E-state index < -0.39 is 0 Å². The van der Waals surface area contributed by atoms with Gasteiger partial charge in [0.25, 0.3) is 0 Å². The van der Waals surface area contributed by atoms with Crippen molar-refractivity contribution in [2.24, 2.45) is 0 Å². The summed E-state index contributed by atoms with van der Waals surface area (Å²) < 4.78 is 5.69. The number of hydrogen-bond acceptors (Lipinski definition) is 3. The maximum Gasteiger partial charge on any atom is 0.0678 e. The molecule has 0 aliphatic carbocycles. The zero-order chi connectivity index (χ0) is 9.42. The van der Waals surface area contributed by atoms with Crippen LogP contribution < -0.4 is 0 Å². The molecule has 2 rings (SSSR count). The molecule has 0 saturated carbocycles. The van der Waals surface area contributed by atoms with Gasteiger partial charge in [-0.1, -0.05) is 0 Å². The Labute approximate surface area is 80.6 Å². The van der Waals surface area contributed by atoms with E-state index in [2.05, 4.69) is 30.7 Å². The Morgan fingerprint density at radius 2 is 1.62 bits per heavy atom. The Balaban J connectivity index is 1.85. The fraction of sp³-hybridized carbons (Fsp3) is 0.900. The van der Waals surface area contributed by atoms with E-state index in [1.165, 1.54) is 0 Å². The zero-order valence-corrected chi connectivity index (χ0v) is 8.57. The fourth-order valence-electron chi connectivity index (χ4n) is 2.29. The quantitative estimate of drug-likeness (QED) is 0.553. The van der Waals surface area contributed by atoms with Crippen LogP contribution in [0.2, 0.25) is 0 Å². The Morgan fingerprint density at radius 3 is 2.08 bits per heavy atom. The van der Waals surface area contributed by atoms with E-state index in [4.69, 9.17) is 4.74 Å². The number of nitrogens with zero attached hydrogens (tertiary/aromatic N) is 2. The van der Waals surface area contributed by atoms with Crippen molar-refractivity contribution in [2.45, 2.75) is 32.1 Å². The van der Waals surface area contributed by atoms with Gasteiger partial charge in [-0.2, -0.15) is 0 Å². The topological polar surface area (TPSA) is 15.7 Å². The molecule has 0 aromatic carbocycles. The molecule has 0 bridgehead atoms. The second-order valence-electron chi connectivity index (χ2n) is 4.40. The molecule has 0 aromatic rings. The van der Waals surface area contributed by atoms with E-state index in [1.807, 2.05) is 0 Å². The van der Waals surface area contributed by atoms with Crippen molar-refractivity contribution in [3.63, 3.8) is 0 Å². The van der Waals surface area contributed by atoms with Gasteiger partial charge < -0.3 is 9.64 Å². The normalized spacial score (nSPS) is 39.0. The Morgan fingerprint density at radius 1 is 1.08 bits per heavy atom. The molecule has 2 heterocycles. The van der Waals surface area contributed by atoms with Crippen molar-refractivity contribution >= 4 is 0 Å². The lowest BCUT2D eigenvalue weighted by Crippen LogP contribution is -2.61. The Kier molecular flexibility index (Phi) is 2.58. The zero-order valence-electron chi connectivity index (χ0n) is 8.57. The molecule has 0 radical (unpaired) electrons. The molecule has 2 fully saturated rings. The van der Waals surface area contributed by atoms with E-state index in [0.29, 0.717) is 12.2 Å². The number of morpholine rings is 1. The lowest BCUT2D eigenvalue weighted by atomic mass is 10.1. The van der Waals surface area contributed by atoms with Gasteiger partial charge >= 0.3 is 0 Å². The summed E-state index contributed by atoms with van der Waals surface area (Å²) >= 11 is 0. The highest BCUT2D eigenvalue weighted by molar-refractivity contribution is 4.90. The van der Waals surface area contributed by atoms with Crippen LogP contribution in [-0.4, -0.2) is 54.2 Å². The smallest absolute Gasteiger partial charge is 0.0678 e. The van der Waals surface area contributed by atoms with Crippen LogP contribution in [-0.2, 0) is 4.74 Å². The largest absolute Gasteiger partial charge is 0.457 e. The highest BCUT2D eigenvalue weighted by atomic mass is 16.5. The Hall–Kier alpha value is -0.120. The number of hydrogen-bond donors (Lipinski definition) is 0. The molecule has 0 spiro atoms. The minimum atomic E-state index is 0.391. The molecule has 0 N–H and O–H groups in total. The monoisotopic (exact) mass is 183 g/mol. The third kappa shape index (κ3) is 2.03. The van der Waals surface area contributed by atoms with Crippen LogP contribution in [0.1, 0.15) is 13.8 Å². The van der Waals surface area contributed by atoms with Crippen LogP contribution in [0, 0.1) is 7.05 Å². The first kappa shape index (κ1) is 9.44. The van der Waals surface area contributed by atoms with E-state index >= 15 is 0 Å². The summed E-state index contributed by atoms with van der Waals surface area (Å²) in [4.78, 5) is 4.66. The SMILES string of the molecule is [CH2-]N1CC(N2CC(C)OC(C)C2)C1. The molecule has 2 saturated heterocycles. The van der Waals surface area contributed by atoms with E-state index in [0.717, 1.165) is 32.2 Å². The van der Waals surface area contributed by atoms with Gasteiger partial charge in [0.2, 0.25) is 0 Å². The third-order valence-corrected chi connectivity index (χ3v) is 2.90. The molecular formula is C10H19N2O-. The van der Waals surface area contributed by atoms with Gasteiger partial charge in [0.15, 0.2) is 0 Å². The molecule has 2 unspecified atom stereocenters. The standard InChI is InChI=1S/C10H19N2O/c1-8-4-12(5-9(2)13-8)10-6-11(3)7-10/h8-10H,3-7H2,1-2H3/q-1. The Bertz CT molecular complexity index is 170. The van der Waals surface area contributed by atoms with Crippen molar-refractivity contribution in [2.75, 3.05) is 26.2 Å². The van der Waals surface area contributed by atoms with Gasteiger partial charge in [-0.25, -0.2) is 0 Å². The minimum Gasteiger partial charge on any atom is -0.457 e. The van der Waals surface area contributed by atoms with Gasteiger partial charge in [-0.05, 0) is 26.9 Å². The minimum absolute atomic E-state index is 0.391. The van der Waals surface area contributed by atoms with Crippen molar-refractivity contribution in [1.29, 1.82) is 0 Å². The maximum atomic E-state index is 5.69. The molecule has 3 nitrogen and oxygen atoms in total. The number of ether oxygens (including phenoxy) is 1. The second-order valence-corrected chi connectivity index (χ2v) is 4.40. The first-order valence-corrected chi connectivity index (χ1v) is 5.10. The molecule has 3 heteroatoms. The second kappa shape index (κ2) is 3.56. The molecular weight excluding hydrogens is 164 g/mol. The van der Waals surface area contributed by atoms with E-state index in [1.54, 1.807) is 0 Å². The number of rotatable bonds is 1. The summed E-state index contributed by atoms with van der Waals surface area (Å²) in [5.41, 5.74) is 0. The number of likely N-dealkylation sites (tertiary alicyclic amines) is 1. The van der Waals surface area contributed by atoms with Crippen LogP contribution in [0.3, 0.4) is 0 Å². The van der Waals surface area contributed by atoms with Crippen molar-refractivity contribution in [1.82, 2.24) is 9.80 Å². The molecule has 0 amide bonds. The van der Waals surface area contributed by atoms with Crippen LogP contribution in [0.5, 0.6) is 0 Å². The van der Waals surface area contributed by atoms with Gasteiger partial charge in [0.05, 0.1) is 12.2 Å². The first-order chi connectivity index (χ1) is 6.15. The summed E-state index contributed by atoms with van der Waals surface area (Å²) in [5.74, 6) is 0. The van der Waals surface area contributed by atoms with Crippen molar-refractivity contribution in [3.8, 4) is 0 Å². The molecule has 2 aliphatic heterocycles. The molecule has 2 aliphatic rings. The summed E-state index contributed by atoms with van der Waals surface area (Å²) in [7, 11) is 3.90. The average molecular weight is 183 g/mol. The predicted octanol–water partition coefficient (Wildman–Crippen LogP) is 0.571. The summed E-state index contributed by atoms with van der Waals surface area (Å²) in [5, 5.41) is 0. The van der Waals surface area contributed by atoms with Crippen molar-refractivity contribution < 1.29 is 4.74 Å². The van der Waals surface area contributed by atoms with Crippen molar-refractivity contribution in [3.05, 3.63) is 7.05 Å². The first-order valence-electron chi connectivity index (χ1n) is 5.10. The third-order valence-electron chi connectivity index (χ3n) is 2.90. The average Bonchev–Trinajstić information content (AvgIpc) is 1.96. The summed E-state index contributed by atoms with van der Waals surface area (Å²) in [6, 6.07) is 0.728. The summed E-state index contributed by atoms with van der Waals surface area (Å²) in [6.07, 6.45) is 0.783. The molecule has 2 atom stereocenters. The van der Waals surface area contributed by atoms with Gasteiger partial charge in [0, 0.05) is 19.1 Å². The highest BCUT2D eigenvalue weighted by Crippen LogP contribution is 2.19. The molecule has 76 valence electrons. The maximum absolute atomic E-state index is 5.69. The lowest BCUT2D eigenvalue weighted by molar-refractivity contribution is -0.0966. The highest BCUT2D eigenvalue weighted by Gasteiger charge is 2.31. The molecule has 0 aromatic heterocycles. The van der Waals surface area contributed by atoms with Crippen LogP contribution in [0.25, 0.3) is 0 Å². The lowest BCUT2D eigenvalue weighted by Gasteiger charge is -2.51. The fourth-order valence-corrected chi connectivity index (χ4v) is 2.29. The van der Waals surface area contributed by atoms with E-state index in [9.17, 15) is 0 Å². The van der Waals surface area contributed by atoms with Crippen LogP contribution in [0.15, 0.2) is 0 Å².